The first kappa shape index (κ1) is 25.3. The summed E-state index contributed by atoms with van der Waals surface area (Å²) in [6.45, 7) is 0. The second-order valence-electron chi connectivity index (χ2n) is 7.71. The summed E-state index contributed by atoms with van der Waals surface area (Å²) < 4.78 is 0. The molecular weight excluding hydrogens is 527 g/mol. The standard InChI is InChI=1S/C27H15Cl3O6/c28-22-19(13-1-7-16(8-2-13)25(31)32)23(29)21(15-5-11-18(12-6-15)27(35)36)24(30)20(22)14-3-9-17(10-4-14)26(33)34/h1-12H,(H,31,32)(H,33,34)(H,35,36). The van der Waals surface area contributed by atoms with Crippen LogP contribution in [0.1, 0.15) is 31.1 Å². The molecule has 0 radical (unpaired) electrons. The molecule has 0 saturated carbocycles. The Labute approximate surface area is 219 Å². The normalized spacial score (nSPS) is 10.8. The molecule has 4 aromatic carbocycles. The highest BCUT2D eigenvalue weighted by molar-refractivity contribution is 6.48. The van der Waals surface area contributed by atoms with Crippen LogP contribution in [0.4, 0.5) is 0 Å². The zero-order valence-corrected chi connectivity index (χ0v) is 20.4. The van der Waals surface area contributed by atoms with Gasteiger partial charge in [-0.05, 0) is 53.1 Å². The molecule has 0 fully saturated rings. The number of aromatic carboxylic acids is 3. The molecule has 0 amide bonds. The highest BCUT2D eigenvalue weighted by Gasteiger charge is 2.25. The van der Waals surface area contributed by atoms with Crippen molar-refractivity contribution < 1.29 is 29.7 Å². The minimum Gasteiger partial charge on any atom is -0.478 e. The van der Waals surface area contributed by atoms with E-state index in [-0.39, 0.29) is 31.8 Å². The van der Waals surface area contributed by atoms with Crippen LogP contribution in [0, 0.1) is 0 Å². The number of carbonyl (C=O) groups is 3. The molecule has 9 heteroatoms. The minimum atomic E-state index is -1.09. The molecule has 0 saturated heterocycles. The molecule has 0 aliphatic heterocycles. The van der Waals surface area contributed by atoms with E-state index >= 15 is 0 Å². The van der Waals surface area contributed by atoms with Crippen molar-refractivity contribution in [2.75, 3.05) is 0 Å². The van der Waals surface area contributed by atoms with E-state index in [1.165, 1.54) is 36.4 Å². The maximum absolute atomic E-state index is 11.3. The van der Waals surface area contributed by atoms with E-state index in [0.717, 1.165) is 0 Å². The molecule has 0 unspecified atom stereocenters. The van der Waals surface area contributed by atoms with Crippen LogP contribution >= 0.6 is 34.8 Å². The maximum Gasteiger partial charge on any atom is 0.335 e. The van der Waals surface area contributed by atoms with Gasteiger partial charge in [-0.2, -0.15) is 0 Å². The lowest BCUT2D eigenvalue weighted by Crippen LogP contribution is -1.98. The predicted molar refractivity (Wildman–Crippen MR) is 139 cm³/mol. The second kappa shape index (κ2) is 10.0. The fourth-order valence-electron chi connectivity index (χ4n) is 3.76. The molecule has 0 spiro atoms. The number of halogens is 3. The number of carboxylic acid groups (broad SMARTS) is 3. The summed E-state index contributed by atoms with van der Waals surface area (Å²) in [6, 6.07) is 17.9. The van der Waals surface area contributed by atoms with Gasteiger partial charge in [0.05, 0.1) is 31.8 Å². The van der Waals surface area contributed by atoms with Crippen LogP contribution in [0.3, 0.4) is 0 Å². The van der Waals surface area contributed by atoms with E-state index in [2.05, 4.69) is 0 Å². The van der Waals surface area contributed by atoms with E-state index in [0.29, 0.717) is 33.4 Å². The first-order chi connectivity index (χ1) is 17.1. The zero-order valence-electron chi connectivity index (χ0n) is 18.1. The van der Waals surface area contributed by atoms with Crippen LogP contribution in [0.15, 0.2) is 72.8 Å². The van der Waals surface area contributed by atoms with Crippen molar-refractivity contribution in [2.45, 2.75) is 0 Å². The molecule has 0 aromatic heterocycles. The molecule has 0 atom stereocenters. The molecule has 0 aliphatic rings. The Kier molecular flexibility index (Phi) is 7.04. The summed E-state index contributed by atoms with van der Waals surface area (Å²) in [5.41, 5.74) is 2.96. The van der Waals surface area contributed by atoms with E-state index in [9.17, 15) is 29.7 Å². The first-order valence-electron chi connectivity index (χ1n) is 10.3. The van der Waals surface area contributed by atoms with Crippen LogP contribution < -0.4 is 0 Å². The van der Waals surface area contributed by atoms with Gasteiger partial charge in [-0.25, -0.2) is 14.4 Å². The van der Waals surface area contributed by atoms with Gasteiger partial charge >= 0.3 is 17.9 Å². The molecule has 0 heterocycles. The summed E-state index contributed by atoms with van der Waals surface area (Å²) in [4.78, 5) is 33.9. The fraction of sp³-hybridized carbons (Fsp3) is 0. The summed E-state index contributed by atoms with van der Waals surface area (Å²) in [5, 5.41) is 28.3. The average Bonchev–Trinajstić information content (AvgIpc) is 2.85. The number of benzene rings is 4. The molecule has 0 aliphatic carbocycles. The summed E-state index contributed by atoms with van der Waals surface area (Å²) in [6.07, 6.45) is 0. The first-order valence-corrected chi connectivity index (χ1v) is 11.4. The molecule has 4 rings (SSSR count). The van der Waals surface area contributed by atoms with Gasteiger partial charge in [-0.3, -0.25) is 0 Å². The van der Waals surface area contributed by atoms with Gasteiger partial charge in [-0.15, -0.1) is 0 Å². The van der Waals surface area contributed by atoms with Crippen LogP contribution in [0.2, 0.25) is 15.1 Å². The van der Waals surface area contributed by atoms with Gasteiger partial charge in [0.1, 0.15) is 0 Å². The topological polar surface area (TPSA) is 112 Å². The van der Waals surface area contributed by atoms with E-state index in [1.54, 1.807) is 36.4 Å². The fourth-order valence-corrected chi connectivity index (χ4v) is 5.13. The van der Waals surface area contributed by atoms with Crippen molar-refractivity contribution in [1.82, 2.24) is 0 Å². The third kappa shape index (κ3) is 4.66. The van der Waals surface area contributed by atoms with Crippen molar-refractivity contribution >= 4 is 52.7 Å². The van der Waals surface area contributed by atoms with Crippen LogP contribution in [0.5, 0.6) is 0 Å². The highest BCUT2D eigenvalue weighted by atomic mass is 35.5. The maximum atomic E-state index is 11.3. The quantitative estimate of drug-likeness (QED) is 0.230. The van der Waals surface area contributed by atoms with Crippen molar-refractivity contribution in [3.05, 3.63) is 105 Å². The number of hydrogen-bond acceptors (Lipinski definition) is 3. The molecule has 0 bridgehead atoms. The number of carboxylic acids is 3. The highest BCUT2D eigenvalue weighted by Crippen LogP contribution is 2.51. The molecule has 36 heavy (non-hydrogen) atoms. The SMILES string of the molecule is O=C(O)c1ccc(-c2c(Cl)c(-c3ccc(C(=O)O)cc3)c(Cl)c(-c3ccc(C(=O)O)cc3)c2Cl)cc1. The Morgan fingerprint density at radius 1 is 0.417 bits per heavy atom. The van der Waals surface area contributed by atoms with E-state index in [4.69, 9.17) is 34.8 Å². The average molecular weight is 542 g/mol. The smallest absolute Gasteiger partial charge is 0.335 e. The Bertz CT molecular complexity index is 1300. The van der Waals surface area contributed by atoms with Gasteiger partial charge in [-0.1, -0.05) is 71.2 Å². The lowest BCUT2D eigenvalue weighted by atomic mass is 9.91. The monoisotopic (exact) mass is 540 g/mol. The van der Waals surface area contributed by atoms with Gasteiger partial charge < -0.3 is 15.3 Å². The minimum absolute atomic E-state index is 0.0777. The van der Waals surface area contributed by atoms with E-state index < -0.39 is 17.9 Å². The Hall–Kier alpha value is -3.84. The van der Waals surface area contributed by atoms with Gasteiger partial charge in [0.25, 0.3) is 0 Å². The zero-order chi connectivity index (χ0) is 26.1. The molecule has 4 aromatic rings. The molecule has 3 N–H and O–H groups in total. The van der Waals surface area contributed by atoms with Crippen LogP contribution in [-0.4, -0.2) is 33.2 Å². The molecule has 6 nitrogen and oxygen atoms in total. The Morgan fingerprint density at radius 3 is 0.778 bits per heavy atom. The Balaban J connectivity index is 2.02. The van der Waals surface area contributed by atoms with Gasteiger partial charge in [0.2, 0.25) is 0 Å². The van der Waals surface area contributed by atoms with E-state index in [1.807, 2.05) is 0 Å². The third-order valence-electron chi connectivity index (χ3n) is 5.58. The lowest BCUT2D eigenvalue weighted by Gasteiger charge is -2.20. The summed E-state index contributed by atoms with van der Waals surface area (Å²) in [5.74, 6) is -3.27. The summed E-state index contributed by atoms with van der Waals surface area (Å²) >= 11 is 20.5. The van der Waals surface area contributed by atoms with Gasteiger partial charge in [0.15, 0.2) is 0 Å². The van der Waals surface area contributed by atoms with Gasteiger partial charge in [0, 0.05) is 16.7 Å². The van der Waals surface area contributed by atoms with Crippen molar-refractivity contribution in [3.8, 4) is 33.4 Å². The van der Waals surface area contributed by atoms with Crippen LogP contribution in [0.25, 0.3) is 33.4 Å². The van der Waals surface area contributed by atoms with Crippen LogP contribution in [-0.2, 0) is 0 Å². The number of rotatable bonds is 6. The lowest BCUT2D eigenvalue weighted by molar-refractivity contribution is 0.0686. The Morgan fingerprint density at radius 2 is 0.611 bits per heavy atom. The summed E-state index contributed by atoms with van der Waals surface area (Å²) in [7, 11) is 0. The predicted octanol–water partition coefficient (Wildman–Crippen LogP) is 7.74. The molecule has 180 valence electrons. The largest absolute Gasteiger partial charge is 0.478 e. The van der Waals surface area contributed by atoms with Crippen molar-refractivity contribution in [2.24, 2.45) is 0 Å². The van der Waals surface area contributed by atoms with Crippen molar-refractivity contribution in [3.63, 3.8) is 0 Å². The third-order valence-corrected chi connectivity index (χ3v) is 6.71. The molecular formula is C27H15Cl3O6. The number of hydrogen-bond donors (Lipinski definition) is 3. The van der Waals surface area contributed by atoms with Crippen molar-refractivity contribution in [1.29, 1.82) is 0 Å². The second-order valence-corrected chi connectivity index (χ2v) is 8.85.